The fourth-order valence-electron chi connectivity index (χ4n) is 2.25. The third kappa shape index (κ3) is 2.96. The highest BCUT2D eigenvalue weighted by atomic mass is 19.4. The number of nitrogens with one attached hydrogen (secondary N) is 1. The molecule has 24 heavy (non-hydrogen) atoms. The molecule has 0 unspecified atom stereocenters. The van der Waals surface area contributed by atoms with E-state index in [1.54, 1.807) is 0 Å². The number of hydrogen-bond acceptors (Lipinski definition) is 3. The van der Waals surface area contributed by atoms with E-state index in [1.807, 2.05) is 6.07 Å². The zero-order chi connectivity index (χ0) is 17.3. The van der Waals surface area contributed by atoms with E-state index in [-0.39, 0.29) is 11.4 Å². The van der Waals surface area contributed by atoms with Crippen LogP contribution in [-0.2, 0) is 6.18 Å². The van der Waals surface area contributed by atoms with E-state index in [4.69, 9.17) is 5.26 Å². The van der Waals surface area contributed by atoms with Crippen LogP contribution in [0, 0.1) is 17.1 Å². The molecule has 0 saturated heterocycles. The van der Waals surface area contributed by atoms with Gasteiger partial charge in [0.15, 0.2) is 5.69 Å². The molecule has 0 fully saturated rings. The Morgan fingerprint density at radius 2 is 1.62 bits per heavy atom. The summed E-state index contributed by atoms with van der Waals surface area (Å²) in [7, 11) is 0. The zero-order valence-corrected chi connectivity index (χ0v) is 11.9. The summed E-state index contributed by atoms with van der Waals surface area (Å²) >= 11 is 0. The minimum absolute atomic E-state index is 0.0685. The number of hydrogen-bond donors (Lipinski definition) is 1. The van der Waals surface area contributed by atoms with Gasteiger partial charge in [0.25, 0.3) is 0 Å². The number of benzene rings is 2. The molecule has 0 spiro atoms. The van der Waals surface area contributed by atoms with Gasteiger partial charge in [-0.3, -0.25) is 0 Å². The number of halogens is 4. The molecule has 0 aliphatic carbocycles. The maximum absolute atomic E-state index is 13.9. The first-order chi connectivity index (χ1) is 11.4. The molecule has 0 atom stereocenters. The highest BCUT2D eigenvalue weighted by Crippen LogP contribution is 2.32. The van der Waals surface area contributed by atoms with Crippen LogP contribution in [0.5, 0.6) is 0 Å². The Balaban J connectivity index is 2.05. The largest absolute Gasteiger partial charge is 0.416 e. The molecule has 0 bridgehead atoms. The van der Waals surface area contributed by atoms with Crippen LogP contribution in [0.25, 0.3) is 22.4 Å². The third-order valence-corrected chi connectivity index (χ3v) is 3.38. The lowest BCUT2D eigenvalue weighted by Crippen LogP contribution is -2.04. The Hall–Kier alpha value is -3.21. The second kappa shape index (κ2) is 5.77. The Labute approximate surface area is 133 Å². The minimum atomic E-state index is -4.44. The van der Waals surface area contributed by atoms with Gasteiger partial charge >= 0.3 is 6.18 Å². The maximum atomic E-state index is 13.9. The van der Waals surface area contributed by atoms with Crippen LogP contribution in [0.3, 0.4) is 0 Å². The zero-order valence-electron chi connectivity index (χ0n) is 11.9. The lowest BCUT2D eigenvalue weighted by Gasteiger charge is -2.09. The van der Waals surface area contributed by atoms with Gasteiger partial charge in [-0.05, 0) is 41.5 Å². The minimum Gasteiger partial charge on any atom is -0.247 e. The predicted molar refractivity (Wildman–Crippen MR) is 76.9 cm³/mol. The second-order valence-electron chi connectivity index (χ2n) is 4.95. The molecule has 0 aliphatic heterocycles. The smallest absolute Gasteiger partial charge is 0.247 e. The molecule has 0 amide bonds. The van der Waals surface area contributed by atoms with E-state index in [2.05, 4.69) is 15.4 Å². The first kappa shape index (κ1) is 15.7. The molecular weight excluding hydrogens is 324 g/mol. The number of nitriles is 1. The molecule has 1 N–H and O–H groups in total. The van der Waals surface area contributed by atoms with Crippen LogP contribution in [0.15, 0.2) is 42.5 Å². The summed E-state index contributed by atoms with van der Waals surface area (Å²) in [6.07, 6.45) is -4.44. The first-order valence-electron chi connectivity index (χ1n) is 6.68. The van der Waals surface area contributed by atoms with E-state index in [0.29, 0.717) is 16.7 Å². The predicted octanol–water partition coefficient (Wildman–Crippen LogP) is 4.17. The Morgan fingerprint density at radius 3 is 2.25 bits per heavy atom. The van der Waals surface area contributed by atoms with E-state index in [0.717, 1.165) is 12.1 Å². The number of nitrogens with zero attached hydrogens (tertiary/aromatic N) is 3. The van der Waals surface area contributed by atoms with Crippen molar-refractivity contribution in [3.63, 3.8) is 0 Å². The van der Waals surface area contributed by atoms with Gasteiger partial charge in [-0.2, -0.15) is 18.4 Å². The standard InChI is InChI=1S/C16H8F4N4/c17-13-6-10(9-1-3-12(4-2-9)16(18,19)20)5-11(7-13)15-14(8-21)22-24-23-15/h1-7H,(H,22,23,24). The van der Waals surface area contributed by atoms with Crippen molar-refractivity contribution in [1.29, 1.82) is 5.26 Å². The van der Waals surface area contributed by atoms with Crippen molar-refractivity contribution >= 4 is 0 Å². The first-order valence-corrected chi connectivity index (χ1v) is 6.68. The fourth-order valence-corrected chi connectivity index (χ4v) is 2.25. The van der Waals surface area contributed by atoms with Crippen LogP contribution in [0.2, 0.25) is 0 Å². The molecule has 3 rings (SSSR count). The van der Waals surface area contributed by atoms with Crippen LogP contribution in [0.4, 0.5) is 17.6 Å². The molecule has 4 nitrogen and oxygen atoms in total. The van der Waals surface area contributed by atoms with E-state index in [9.17, 15) is 17.6 Å². The van der Waals surface area contributed by atoms with Gasteiger partial charge in [0.2, 0.25) is 0 Å². The van der Waals surface area contributed by atoms with Crippen molar-refractivity contribution in [3.05, 3.63) is 59.5 Å². The molecule has 1 aromatic heterocycles. The number of rotatable bonds is 2. The number of aromatic amines is 1. The average Bonchev–Trinajstić information content (AvgIpc) is 3.02. The lowest BCUT2D eigenvalue weighted by molar-refractivity contribution is -0.137. The molecule has 1 heterocycles. The lowest BCUT2D eigenvalue weighted by atomic mass is 9.99. The summed E-state index contributed by atoms with van der Waals surface area (Å²) in [6, 6.07) is 10.1. The summed E-state index contributed by atoms with van der Waals surface area (Å²) in [4.78, 5) is 0. The SMILES string of the molecule is N#Cc1[nH]nnc1-c1cc(F)cc(-c2ccc(C(F)(F)F)cc2)c1. The summed E-state index contributed by atoms with van der Waals surface area (Å²) in [5.41, 5.74) is 0.529. The monoisotopic (exact) mass is 332 g/mol. The fraction of sp³-hybridized carbons (Fsp3) is 0.0625. The van der Waals surface area contributed by atoms with Gasteiger partial charge in [-0.15, -0.1) is 5.10 Å². The second-order valence-corrected chi connectivity index (χ2v) is 4.95. The van der Waals surface area contributed by atoms with Crippen molar-refractivity contribution in [3.8, 4) is 28.5 Å². The summed E-state index contributed by atoms with van der Waals surface area (Å²) < 4.78 is 51.7. The number of alkyl halides is 3. The van der Waals surface area contributed by atoms with Crippen LogP contribution in [0.1, 0.15) is 11.3 Å². The summed E-state index contributed by atoms with van der Waals surface area (Å²) in [5.74, 6) is -0.603. The molecule has 0 aliphatic rings. The Kier molecular flexibility index (Phi) is 3.77. The Morgan fingerprint density at radius 1 is 0.958 bits per heavy atom. The van der Waals surface area contributed by atoms with Crippen molar-refractivity contribution in [2.75, 3.05) is 0 Å². The number of H-pyrrole nitrogens is 1. The molecule has 8 heteroatoms. The summed E-state index contributed by atoms with van der Waals surface area (Å²) in [5, 5.41) is 18.6. The van der Waals surface area contributed by atoms with Crippen LogP contribution >= 0.6 is 0 Å². The van der Waals surface area contributed by atoms with Crippen LogP contribution < -0.4 is 0 Å². The molecule has 120 valence electrons. The molecular formula is C16H8F4N4. The van der Waals surface area contributed by atoms with Gasteiger partial charge in [0, 0.05) is 5.56 Å². The van der Waals surface area contributed by atoms with Gasteiger partial charge < -0.3 is 0 Å². The molecule has 3 aromatic rings. The van der Waals surface area contributed by atoms with Crippen molar-refractivity contribution in [2.45, 2.75) is 6.18 Å². The molecule has 0 saturated carbocycles. The van der Waals surface area contributed by atoms with Crippen LogP contribution in [-0.4, -0.2) is 15.4 Å². The average molecular weight is 332 g/mol. The maximum Gasteiger partial charge on any atom is 0.416 e. The highest BCUT2D eigenvalue weighted by molar-refractivity contribution is 5.73. The topological polar surface area (TPSA) is 65.4 Å². The van der Waals surface area contributed by atoms with E-state index < -0.39 is 17.6 Å². The Bertz CT molecular complexity index is 920. The van der Waals surface area contributed by atoms with Gasteiger partial charge in [0.05, 0.1) is 5.56 Å². The quantitative estimate of drug-likeness (QED) is 0.716. The molecule has 2 aromatic carbocycles. The van der Waals surface area contributed by atoms with Crippen molar-refractivity contribution in [1.82, 2.24) is 15.4 Å². The van der Waals surface area contributed by atoms with Gasteiger partial charge in [0.1, 0.15) is 17.6 Å². The number of aromatic nitrogens is 3. The van der Waals surface area contributed by atoms with E-state index >= 15 is 0 Å². The normalized spacial score (nSPS) is 11.3. The summed E-state index contributed by atoms with van der Waals surface area (Å²) in [6.45, 7) is 0. The van der Waals surface area contributed by atoms with Crippen molar-refractivity contribution < 1.29 is 17.6 Å². The van der Waals surface area contributed by atoms with Crippen molar-refractivity contribution in [2.24, 2.45) is 0 Å². The van der Waals surface area contributed by atoms with Gasteiger partial charge in [-0.25, -0.2) is 9.49 Å². The van der Waals surface area contributed by atoms with Gasteiger partial charge in [-0.1, -0.05) is 17.3 Å². The highest BCUT2D eigenvalue weighted by Gasteiger charge is 2.30. The third-order valence-electron chi connectivity index (χ3n) is 3.38. The molecule has 0 radical (unpaired) electrons. The van der Waals surface area contributed by atoms with E-state index in [1.165, 1.54) is 30.3 Å².